The maximum Gasteiger partial charge on any atom is 0.326 e. The second-order valence-electron chi connectivity index (χ2n) is 6.17. The summed E-state index contributed by atoms with van der Waals surface area (Å²) < 4.78 is 5.28. The summed E-state index contributed by atoms with van der Waals surface area (Å²) in [7, 11) is 1.76. The van der Waals surface area contributed by atoms with Crippen LogP contribution in [0.15, 0.2) is 18.2 Å². The SMILES string of the molecule is Cc1ccc(NC(=S)N(C)CC(=O)OC(C)(C)C)cc1C. The van der Waals surface area contributed by atoms with Crippen LogP contribution < -0.4 is 5.32 Å². The van der Waals surface area contributed by atoms with Gasteiger partial charge in [0, 0.05) is 12.7 Å². The zero-order valence-electron chi connectivity index (χ0n) is 13.6. The molecule has 1 rings (SSSR count). The quantitative estimate of drug-likeness (QED) is 0.685. The molecule has 0 aliphatic carbocycles. The van der Waals surface area contributed by atoms with Gasteiger partial charge in [0.25, 0.3) is 0 Å². The molecule has 0 atom stereocenters. The van der Waals surface area contributed by atoms with Crippen molar-refractivity contribution < 1.29 is 9.53 Å². The first kappa shape index (κ1) is 17.4. The molecule has 5 heteroatoms. The van der Waals surface area contributed by atoms with Crippen LogP contribution in [0, 0.1) is 13.8 Å². The topological polar surface area (TPSA) is 41.6 Å². The molecule has 0 spiro atoms. The Hall–Kier alpha value is -1.62. The molecule has 0 aromatic heterocycles. The second-order valence-corrected chi connectivity index (χ2v) is 6.56. The van der Waals surface area contributed by atoms with Crippen LogP contribution in [0.4, 0.5) is 5.69 Å². The number of carbonyl (C=O) groups is 1. The number of carbonyl (C=O) groups excluding carboxylic acids is 1. The molecular weight excluding hydrogens is 284 g/mol. The van der Waals surface area contributed by atoms with Crippen LogP contribution in [0.5, 0.6) is 0 Å². The summed E-state index contributed by atoms with van der Waals surface area (Å²) in [5.74, 6) is -0.297. The van der Waals surface area contributed by atoms with Crippen molar-refractivity contribution in [3.8, 4) is 0 Å². The number of nitrogens with one attached hydrogen (secondary N) is 1. The fourth-order valence-electron chi connectivity index (χ4n) is 1.68. The van der Waals surface area contributed by atoms with Gasteiger partial charge in [-0.2, -0.15) is 0 Å². The van der Waals surface area contributed by atoms with Gasteiger partial charge < -0.3 is 15.0 Å². The average Bonchev–Trinajstić information content (AvgIpc) is 2.31. The molecule has 0 aliphatic heterocycles. The number of aryl methyl sites for hydroxylation is 2. The van der Waals surface area contributed by atoms with Gasteiger partial charge in [0.1, 0.15) is 12.1 Å². The van der Waals surface area contributed by atoms with E-state index in [4.69, 9.17) is 17.0 Å². The summed E-state index contributed by atoms with van der Waals surface area (Å²) in [6.45, 7) is 9.76. The standard InChI is InChI=1S/C16H24N2O2S/c1-11-7-8-13(9-12(11)2)17-15(21)18(6)10-14(19)20-16(3,4)5/h7-9H,10H2,1-6H3,(H,17,21). The first-order chi connectivity index (χ1) is 9.58. The van der Waals surface area contributed by atoms with E-state index in [1.807, 2.05) is 45.9 Å². The van der Waals surface area contributed by atoms with Crippen LogP contribution in [0.3, 0.4) is 0 Å². The Morgan fingerprint density at radius 3 is 2.43 bits per heavy atom. The van der Waals surface area contributed by atoms with Crippen molar-refractivity contribution in [3.05, 3.63) is 29.3 Å². The number of likely N-dealkylation sites (N-methyl/N-ethyl adjacent to an activating group) is 1. The first-order valence-electron chi connectivity index (χ1n) is 6.90. The number of benzene rings is 1. The Morgan fingerprint density at radius 2 is 1.90 bits per heavy atom. The zero-order valence-corrected chi connectivity index (χ0v) is 14.4. The fourth-order valence-corrected chi connectivity index (χ4v) is 1.86. The van der Waals surface area contributed by atoms with Crippen molar-refractivity contribution in [2.45, 2.75) is 40.2 Å². The van der Waals surface area contributed by atoms with E-state index in [2.05, 4.69) is 12.2 Å². The van der Waals surface area contributed by atoms with E-state index in [0.29, 0.717) is 5.11 Å². The highest BCUT2D eigenvalue weighted by molar-refractivity contribution is 7.80. The summed E-state index contributed by atoms with van der Waals surface area (Å²) >= 11 is 5.30. The molecule has 116 valence electrons. The number of hydrogen-bond acceptors (Lipinski definition) is 3. The van der Waals surface area contributed by atoms with Gasteiger partial charge >= 0.3 is 5.97 Å². The van der Waals surface area contributed by atoms with E-state index in [-0.39, 0.29) is 12.5 Å². The molecule has 0 saturated carbocycles. The van der Waals surface area contributed by atoms with Crippen LogP contribution in [0.25, 0.3) is 0 Å². The Kier molecular flexibility index (Phi) is 5.72. The highest BCUT2D eigenvalue weighted by Gasteiger charge is 2.18. The lowest BCUT2D eigenvalue weighted by molar-refractivity contribution is -0.154. The van der Waals surface area contributed by atoms with Gasteiger partial charge in [0.05, 0.1) is 0 Å². The second kappa shape index (κ2) is 6.89. The number of thiocarbonyl (C=S) groups is 1. The van der Waals surface area contributed by atoms with Gasteiger partial charge in [0.2, 0.25) is 0 Å². The molecule has 4 nitrogen and oxygen atoms in total. The molecule has 0 amide bonds. The Bertz CT molecular complexity index is 536. The van der Waals surface area contributed by atoms with Crippen molar-refractivity contribution >= 4 is 29.0 Å². The largest absolute Gasteiger partial charge is 0.459 e. The smallest absolute Gasteiger partial charge is 0.326 e. The van der Waals surface area contributed by atoms with Crippen molar-refractivity contribution in [2.24, 2.45) is 0 Å². The summed E-state index contributed by atoms with van der Waals surface area (Å²) in [6.07, 6.45) is 0. The number of nitrogens with zero attached hydrogens (tertiary/aromatic N) is 1. The molecule has 21 heavy (non-hydrogen) atoms. The molecule has 1 aromatic carbocycles. The van der Waals surface area contributed by atoms with Crippen molar-refractivity contribution in [1.29, 1.82) is 0 Å². The minimum Gasteiger partial charge on any atom is -0.459 e. The molecule has 0 fully saturated rings. The monoisotopic (exact) mass is 308 g/mol. The van der Waals surface area contributed by atoms with Gasteiger partial charge in [-0.3, -0.25) is 4.79 Å². The minimum atomic E-state index is -0.485. The van der Waals surface area contributed by atoms with E-state index in [0.717, 1.165) is 5.69 Å². The maximum absolute atomic E-state index is 11.8. The molecule has 0 saturated heterocycles. The normalized spacial score (nSPS) is 11.0. The fraction of sp³-hybridized carbons (Fsp3) is 0.500. The zero-order chi connectivity index (χ0) is 16.2. The summed E-state index contributed by atoms with van der Waals surface area (Å²) in [5, 5.41) is 3.62. The number of hydrogen-bond donors (Lipinski definition) is 1. The first-order valence-corrected chi connectivity index (χ1v) is 7.30. The molecule has 1 N–H and O–H groups in total. The van der Waals surface area contributed by atoms with Crippen LogP contribution in [-0.2, 0) is 9.53 Å². The van der Waals surface area contributed by atoms with E-state index in [1.54, 1.807) is 11.9 Å². The summed E-state index contributed by atoms with van der Waals surface area (Å²) in [6, 6.07) is 6.03. The molecule has 0 unspecified atom stereocenters. The number of ether oxygens (including phenoxy) is 1. The van der Waals surface area contributed by atoms with Crippen LogP contribution in [-0.4, -0.2) is 35.2 Å². The van der Waals surface area contributed by atoms with E-state index in [9.17, 15) is 4.79 Å². The Morgan fingerprint density at radius 1 is 1.29 bits per heavy atom. The Labute approximate surface area is 132 Å². The van der Waals surface area contributed by atoms with E-state index >= 15 is 0 Å². The van der Waals surface area contributed by atoms with Crippen LogP contribution in [0.2, 0.25) is 0 Å². The van der Waals surface area contributed by atoms with E-state index in [1.165, 1.54) is 11.1 Å². The molecule has 0 bridgehead atoms. The molecule has 0 aliphatic rings. The Balaban J connectivity index is 2.58. The molecule has 0 heterocycles. The summed E-state index contributed by atoms with van der Waals surface area (Å²) in [4.78, 5) is 13.4. The highest BCUT2D eigenvalue weighted by Crippen LogP contribution is 2.14. The lowest BCUT2D eigenvalue weighted by atomic mass is 10.1. The predicted octanol–water partition coefficient (Wildman–Crippen LogP) is 3.27. The van der Waals surface area contributed by atoms with Crippen LogP contribution >= 0.6 is 12.2 Å². The number of rotatable bonds is 3. The van der Waals surface area contributed by atoms with Gasteiger partial charge in [-0.15, -0.1) is 0 Å². The lowest BCUT2D eigenvalue weighted by Gasteiger charge is -2.24. The van der Waals surface area contributed by atoms with E-state index < -0.39 is 5.60 Å². The lowest BCUT2D eigenvalue weighted by Crippen LogP contribution is -2.38. The van der Waals surface area contributed by atoms with Gasteiger partial charge in [-0.05, 0) is 70.1 Å². The highest BCUT2D eigenvalue weighted by atomic mass is 32.1. The van der Waals surface area contributed by atoms with Crippen molar-refractivity contribution in [1.82, 2.24) is 4.90 Å². The van der Waals surface area contributed by atoms with Crippen molar-refractivity contribution in [2.75, 3.05) is 18.9 Å². The predicted molar refractivity (Wildman–Crippen MR) is 90.6 cm³/mol. The average molecular weight is 308 g/mol. The van der Waals surface area contributed by atoms with Gasteiger partial charge in [0.15, 0.2) is 5.11 Å². The van der Waals surface area contributed by atoms with Crippen molar-refractivity contribution in [3.63, 3.8) is 0 Å². The minimum absolute atomic E-state index is 0.119. The third kappa shape index (κ3) is 6.12. The van der Waals surface area contributed by atoms with Gasteiger partial charge in [-0.1, -0.05) is 6.07 Å². The summed E-state index contributed by atoms with van der Waals surface area (Å²) in [5.41, 5.74) is 2.85. The number of esters is 1. The molecule has 0 radical (unpaired) electrons. The number of anilines is 1. The van der Waals surface area contributed by atoms with Crippen LogP contribution in [0.1, 0.15) is 31.9 Å². The molecular formula is C16H24N2O2S. The maximum atomic E-state index is 11.8. The third-order valence-corrected chi connectivity index (χ3v) is 3.30. The van der Waals surface area contributed by atoms with Gasteiger partial charge in [-0.25, -0.2) is 0 Å². The third-order valence-electron chi connectivity index (χ3n) is 2.89. The molecule has 1 aromatic rings.